The molecule has 1 aliphatic rings. The number of hydrogen-bond donors (Lipinski definition) is 0. The van der Waals surface area contributed by atoms with Crippen LogP contribution < -0.4 is 4.90 Å². The zero-order chi connectivity index (χ0) is 19.9. The highest BCUT2D eigenvalue weighted by Gasteiger charge is 2.44. The molecule has 0 unspecified atom stereocenters. The first kappa shape index (κ1) is 18.4. The molecule has 4 rings (SSSR count). The van der Waals surface area contributed by atoms with Crippen LogP contribution in [-0.2, 0) is 16.6 Å². The van der Waals surface area contributed by atoms with Crippen molar-refractivity contribution in [2.75, 3.05) is 4.90 Å². The Morgan fingerprint density at radius 3 is 2.29 bits per heavy atom. The first-order valence-corrected chi connectivity index (χ1v) is 9.79. The normalized spacial score (nSPS) is 15.0. The third-order valence-electron chi connectivity index (χ3n) is 5.50. The molecule has 0 fully saturated rings. The predicted octanol–water partition coefficient (Wildman–Crippen LogP) is 5.36. The van der Waals surface area contributed by atoms with Crippen LogP contribution in [0.25, 0.3) is 11.1 Å². The highest BCUT2D eigenvalue weighted by molar-refractivity contribution is 6.13. The van der Waals surface area contributed by atoms with Gasteiger partial charge in [-0.05, 0) is 62.1 Å². The van der Waals surface area contributed by atoms with Crippen LogP contribution in [0.3, 0.4) is 0 Å². The Morgan fingerprint density at radius 2 is 1.64 bits per heavy atom. The van der Waals surface area contributed by atoms with Crippen molar-refractivity contribution in [1.29, 1.82) is 0 Å². The van der Waals surface area contributed by atoms with Gasteiger partial charge in [0.05, 0.1) is 11.1 Å². The van der Waals surface area contributed by atoms with Gasteiger partial charge in [0, 0.05) is 23.6 Å². The number of aromatic nitrogens is 2. The number of aryl methyl sites for hydroxylation is 2. The minimum absolute atomic E-state index is 0.100. The van der Waals surface area contributed by atoms with E-state index in [1.165, 1.54) is 5.56 Å². The fourth-order valence-corrected chi connectivity index (χ4v) is 3.83. The Labute approximate surface area is 166 Å². The van der Waals surface area contributed by atoms with E-state index in [2.05, 4.69) is 59.4 Å². The molecular weight excluding hydrogens is 346 g/mol. The van der Waals surface area contributed by atoms with Gasteiger partial charge in [-0.2, -0.15) is 0 Å². The van der Waals surface area contributed by atoms with E-state index >= 15 is 0 Å². The van der Waals surface area contributed by atoms with Crippen LogP contribution in [0.5, 0.6) is 0 Å². The van der Waals surface area contributed by atoms with E-state index in [9.17, 15) is 4.79 Å². The van der Waals surface area contributed by atoms with Crippen molar-refractivity contribution in [2.24, 2.45) is 0 Å². The molecule has 1 aromatic heterocycles. The average Bonchev–Trinajstić information content (AvgIpc) is 2.89. The van der Waals surface area contributed by atoms with Gasteiger partial charge in [-0.1, -0.05) is 37.6 Å². The van der Waals surface area contributed by atoms with Crippen LogP contribution >= 0.6 is 0 Å². The van der Waals surface area contributed by atoms with Crippen LogP contribution in [0.1, 0.15) is 44.1 Å². The smallest absolute Gasteiger partial charge is 0.241 e. The monoisotopic (exact) mass is 371 g/mol. The van der Waals surface area contributed by atoms with Gasteiger partial charge >= 0.3 is 0 Å². The van der Waals surface area contributed by atoms with Gasteiger partial charge in [-0.15, -0.1) is 0 Å². The number of carbonyl (C=O) groups excluding carboxylic acids is 1. The number of hydrogen-bond acceptors (Lipinski definition) is 3. The molecule has 0 radical (unpaired) electrons. The molecule has 4 nitrogen and oxygen atoms in total. The summed E-state index contributed by atoms with van der Waals surface area (Å²) in [4.78, 5) is 23.8. The molecule has 2 aromatic carbocycles. The van der Waals surface area contributed by atoms with E-state index in [1.54, 1.807) is 0 Å². The maximum atomic E-state index is 13.3. The Morgan fingerprint density at radius 1 is 0.964 bits per heavy atom. The molecule has 1 amide bonds. The van der Waals surface area contributed by atoms with Gasteiger partial charge in [-0.25, -0.2) is 9.97 Å². The predicted molar refractivity (Wildman–Crippen MR) is 113 cm³/mol. The van der Waals surface area contributed by atoms with Gasteiger partial charge < -0.3 is 0 Å². The van der Waals surface area contributed by atoms with Crippen molar-refractivity contribution in [2.45, 2.75) is 46.0 Å². The molecule has 0 saturated carbocycles. The molecule has 1 aliphatic heterocycles. The van der Waals surface area contributed by atoms with Crippen molar-refractivity contribution in [3.8, 4) is 11.1 Å². The van der Waals surface area contributed by atoms with E-state index in [4.69, 9.17) is 0 Å². The first-order valence-electron chi connectivity index (χ1n) is 9.79. The number of benzene rings is 2. The van der Waals surface area contributed by atoms with Crippen LogP contribution in [0.15, 0.2) is 54.9 Å². The van der Waals surface area contributed by atoms with Crippen molar-refractivity contribution in [3.05, 3.63) is 71.8 Å². The second kappa shape index (κ2) is 6.86. The molecule has 0 saturated heterocycles. The van der Waals surface area contributed by atoms with Crippen LogP contribution in [0, 0.1) is 6.92 Å². The number of nitrogens with zero attached hydrogens (tertiary/aromatic N) is 3. The fourth-order valence-electron chi connectivity index (χ4n) is 3.83. The van der Waals surface area contributed by atoms with E-state index in [0.29, 0.717) is 0 Å². The second-order valence-electron chi connectivity index (χ2n) is 7.93. The lowest BCUT2D eigenvalue weighted by Crippen LogP contribution is -2.33. The zero-order valence-electron chi connectivity index (χ0n) is 16.9. The fraction of sp³-hybridized carbons (Fsp3) is 0.292. The molecule has 0 aliphatic carbocycles. The highest BCUT2D eigenvalue weighted by atomic mass is 16.2. The topological polar surface area (TPSA) is 46.1 Å². The SMILES string of the molecule is CCCc1ccc(N2C(=O)C(C)(C)c3ccc(-c4cnc(C)nc4)cc32)cc1. The van der Waals surface area contributed by atoms with Gasteiger partial charge in [0.25, 0.3) is 0 Å². The van der Waals surface area contributed by atoms with Crippen LogP contribution in [-0.4, -0.2) is 15.9 Å². The Balaban J connectivity index is 1.80. The summed E-state index contributed by atoms with van der Waals surface area (Å²) in [5, 5.41) is 0. The third kappa shape index (κ3) is 2.99. The van der Waals surface area contributed by atoms with Gasteiger partial charge in [0.1, 0.15) is 5.82 Å². The van der Waals surface area contributed by atoms with E-state index in [1.807, 2.05) is 38.1 Å². The van der Waals surface area contributed by atoms with Crippen molar-refractivity contribution < 1.29 is 4.79 Å². The standard InChI is InChI=1S/C24H25N3O/c1-5-6-17-7-10-20(11-8-17)27-22-13-18(19-14-25-16(2)26-15-19)9-12-21(22)24(3,4)23(27)28/h7-15H,5-6H2,1-4H3. The lowest BCUT2D eigenvalue weighted by atomic mass is 9.85. The number of amides is 1. The quantitative estimate of drug-likeness (QED) is 0.620. The third-order valence-corrected chi connectivity index (χ3v) is 5.50. The first-order chi connectivity index (χ1) is 13.4. The van der Waals surface area contributed by atoms with Crippen molar-refractivity contribution in [1.82, 2.24) is 9.97 Å². The molecule has 0 bridgehead atoms. The maximum absolute atomic E-state index is 13.3. The number of carbonyl (C=O) groups is 1. The zero-order valence-corrected chi connectivity index (χ0v) is 16.9. The average molecular weight is 371 g/mol. The highest BCUT2D eigenvalue weighted by Crippen LogP contribution is 2.46. The summed E-state index contributed by atoms with van der Waals surface area (Å²) >= 11 is 0. The van der Waals surface area contributed by atoms with Gasteiger partial charge in [0.2, 0.25) is 5.91 Å². The molecule has 4 heteroatoms. The van der Waals surface area contributed by atoms with Crippen LogP contribution in [0.2, 0.25) is 0 Å². The molecule has 2 heterocycles. The molecule has 3 aromatic rings. The molecule has 0 atom stereocenters. The van der Waals surface area contributed by atoms with Crippen LogP contribution in [0.4, 0.5) is 11.4 Å². The second-order valence-corrected chi connectivity index (χ2v) is 7.93. The summed E-state index contributed by atoms with van der Waals surface area (Å²) in [5.41, 5.74) is 5.60. The summed E-state index contributed by atoms with van der Waals surface area (Å²) in [5.74, 6) is 0.845. The summed E-state index contributed by atoms with van der Waals surface area (Å²) in [7, 11) is 0. The number of anilines is 2. The van der Waals surface area contributed by atoms with E-state index < -0.39 is 5.41 Å². The summed E-state index contributed by atoms with van der Waals surface area (Å²) in [6.45, 7) is 8.03. The molecule has 142 valence electrons. The van der Waals surface area contributed by atoms with Gasteiger partial charge in [-0.3, -0.25) is 9.69 Å². The summed E-state index contributed by atoms with van der Waals surface area (Å²) in [6.07, 6.45) is 5.82. The minimum atomic E-state index is -0.556. The Hall–Kier alpha value is -3.01. The molecule has 28 heavy (non-hydrogen) atoms. The molecular formula is C24H25N3O. The van der Waals surface area contributed by atoms with Crippen molar-refractivity contribution >= 4 is 17.3 Å². The maximum Gasteiger partial charge on any atom is 0.241 e. The number of fused-ring (bicyclic) bond motifs is 1. The van der Waals surface area contributed by atoms with Crippen molar-refractivity contribution in [3.63, 3.8) is 0 Å². The molecule has 0 spiro atoms. The lowest BCUT2D eigenvalue weighted by molar-refractivity contribution is -0.121. The van der Waals surface area contributed by atoms with E-state index in [0.717, 1.165) is 46.7 Å². The van der Waals surface area contributed by atoms with Gasteiger partial charge in [0.15, 0.2) is 0 Å². The lowest BCUT2D eigenvalue weighted by Gasteiger charge is -2.21. The summed E-state index contributed by atoms with van der Waals surface area (Å²) < 4.78 is 0. The number of rotatable bonds is 4. The largest absolute Gasteiger partial charge is 0.280 e. The minimum Gasteiger partial charge on any atom is -0.280 e. The van der Waals surface area contributed by atoms with E-state index in [-0.39, 0.29) is 5.91 Å². The Bertz CT molecular complexity index is 1020. The Kier molecular flexibility index (Phi) is 4.50. The summed E-state index contributed by atoms with van der Waals surface area (Å²) in [6, 6.07) is 14.5. The molecule has 0 N–H and O–H groups in total.